The highest BCUT2D eigenvalue weighted by molar-refractivity contribution is 9.10. The Bertz CT molecular complexity index is 414. The molecule has 0 atom stereocenters. The normalized spacial score (nSPS) is 11.7. The van der Waals surface area contributed by atoms with Crippen LogP contribution in [0.15, 0.2) is 22.7 Å². The highest BCUT2D eigenvalue weighted by Crippen LogP contribution is 2.34. The van der Waals surface area contributed by atoms with Crippen molar-refractivity contribution in [2.45, 2.75) is 6.18 Å². The summed E-state index contributed by atoms with van der Waals surface area (Å²) in [5, 5.41) is 0. The topological polar surface area (TPSA) is 12.5 Å². The fourth-order valence-electron chi connectivity index (χ4n) is 1.47. The van der Waals surface area contributed by atoms with E-state index in [0.29, 0.717) is 35.8 Å². The van der Waals surface area contributed by atoms with Crippen LogP contribution < -0.4 is 4.90 Å². The van der Waals surface area contributed by atoms with Crippen LogP contribution in [-0.4, -0.2) is 32.7 Å². The molecule has 0 N–H and O–H groups in total. The zero-order valence-electron chi connectivity index (χ0n) is 10.3. The first-order chi connectivity index (χ1) is 8.86. The van der Waals surface area contributed by atoms with Gasteiger partial charge in [0.1, 0.15) is 0 Å². The lowest BCUT2D eigenvalue weighted by Gasteiger charge is -2.21. The number of anilines is 1. The van der Waals surface area contributed by atoms with E-state index in [1.165, 1.54) is 6.07 Å². The van der Waals surface area contributed by atoms with Crippen molar-refractivity contribution in [1.29, 1.82) is 0 Å². The van der Waals surface area contributed by atoms with Crippen LogP contribution in [0.4, 0.5) is 18.9 Å². The molecule has 0 heterocycles. The summed E-state index contributed by atoms with van der Waals surface area (Å²) in [6.45, 7) is 1.50. The molecule has 0 amide bonds. The second-order valence-electron chi connectivity index (χ2n) is 3.89. The summed E-state index contributed by atoms with van der Waals surface area (Å²) >= 11 is 8.63. The van der Waals surface area contributed by atoms with E-state index in [4.69, 9.17) is 16.3 Å². The smallest absolute Gasteiger partial charge is 0.378 e. The van der Waals surface area contributed by atoms with E-state index in [1.54, 1.807) is 7.05 Å². The second-order valence-corrected chi connectivity index (χ2v) is 5.12. The number of hydrogen-bond acceptors (Lipinski definition) is 2. The van der Waals surface area contributed by atoms with Crippen LogP contribution in [-0.2, 0) is 10.9 Å². The molecule has 0 spiro atoms. The molecule has 0 unspecified atom stereocenters. The van der Waals surface area contributed by atoms with Gasteiger partial charge in [0.25, 0.3) is 0 Å². The molecule has 1 aromatic carbocycles. The molecular weight excluding hydrogens is 346 g/mol. The quantitative estimate of drug-likeness (QED) is 0.558. The molecule has 1 aromatic rings. The number of hydrogen-bond donors (Lipinski definition) is 0. The first-order valence-corrected chi connectivity index (χ1v) is 6.90. The van der Waals surface area contributed by atoms with Crippen LogP contribution >= 0.6 is 27.5 Å². The predicted octanol–water partition coefficient (Wildman–Crippen LogP) is 4.16. The van der Waals surface area contributed by atoms with Gasteiger partial charge in [0, 0.05) is 23.9 Å². The maximum Gasteiger partial charge on any atom is 0.416 e. The molecule has 108 valence electrons. The number of halogens is 5. The average Bonchev–Trinajstić information content (AvgIpc) is 2.33. The molecule has 0 radical (unpaired) electrons. The SMILES string of the molecule is CN(CCOCCCl)c1ccc(C(F)(F)F)cc1Br. The summed E-state index contributed by atoms with van der Waals surface area (Å²) in [5.41, 5.74) is 0.0115. The van der Waals surface area contributed by atoms with Gasteiger partial charge < -0.3 is 9.64 Å². The van der Waals surface area contributed by atoms with Gasteiger partial charge in [-0.25, -0.2) is 0 Å². The first-order valence-electron chi connectivity index (χ1n) is 5.58. The minimum atomic E-state index is -4.33. The van der Waals surface area contributed by atoms with Gasteiger partial charge in [0.05, 0.1) is 24.5 Å². The van der Waals surface area contributed by atoms with Crippen LogP contribution in [0.5, 0.6) is 0 Å². The van der Waals surface area contributed by atoms with Crippen molar-refractivity contribution in [3.05, 3.63) is 28.2 Å². The molecule has 0 bridgehead atoms. The second kappa shape index (κ2) is 7.36. The van der Waals surface area contributed by atoms with Crippen molar-refractivity contribution in [1.82, 2.24) is 0 Å². The minimum absolute atomic E-state index is 0.405. The Morgan fingerprint density at radius 3 is 2.53 bits per heavy atom. The number of benzene rings is 1. The zero-order chi connectivity index (χ0) is 14.5. The van der Waals surface area contributed by atoms with Crippen molar-refractivity contribution in [2.75, 3.05) is 37.6 Å². The van der Waals surface area contributed by atoms with E-state index in [9.17, 15) is 13.2 Å². The molecule has 2 nitrogen and oxygen atoms in total. The lowest BCUT2D eigenvalue weighted by molar-refractivity contribution is -0.137. The van der Waals surface area contributed by atoms with E-state index in [-0.39, 0.29) is 0 Å². The van der Waals surface area contributed by atoms with Crippen LogP contribution in [0.2, 0.25) is 0 Å². The van der Waals surface area contributed by atoms with E-state index < -0.39 is 11.7 Å². The summed E-state index contributed by atoms with van der Waals surface area (Å²) in [6, 6.07) is 3.58. The number of nitrogens with zero attached hydrogens (tertiary/aromatic N) is 1. The van der Waals surface area contributed by atoms with Gasteiger partial charge in [-0.05, 0) is 34.1 Å². The third-order valence-corrected chi connectivity index (χ3v) is 3.27. The van der Waals surface area contributed by atoms with Crippen molar-refractivity contribution in [2.24, 2.45) is 0 Å². The van der Waals surface area contributed by atoms with Gasteiger partial charge in [0.2, 0.25) is 0 Å². The summed E-state index contributed by atoms with van der Waals surface area (Å²) in [4.78, 5) is 1.82. The summed E-state index contributed by atoms with van der Waals surface area (Å²) < 4.78 is 43.2. The molecule has 0 fully saturated rings. The number of rotatable bonds is 6. The average molecular weight is 361 g/mol. The van der Waals surface area contributed by atoms with E-state index in [1.807, 2.05) is 4.90 Å². The van der Waals surface area contributed by atoms with Crippen LogP contribution in [0.3, 0.4) is 0 Å². The largest absolute Gasteiger partial charge is 0.416 e. The Balaban J connectivity index is 2.68. The predicted molar refractivity (Wildman–Crippen MR) is 74.0 cm³/mol. The Hall–Kier alpha value is -0.460. The van der Waals surface area contributed by atoms with E-state index >= 15 is 0 Å². The van der Waals surface area contributed by atoms with Crippen molar-refractivity contribution in [3.63, 3.8) is 0 Å². The molecule has 19 heavy (non-hydrogen) atoms. The van der Waals surface area contributed by atoms with Crippen LogP contribution in [0.1, 0.15) is 5.56 Å². The Labute approximate surface area is 123 Å². The maximum atomic E-state index is 12.5. The van der Waals surface area contributed by atoms with Gasteiger partial charge in [-0.1, -0.05) is 0 Å². The summed E-state index contributed by atoms with van der Waals surface area (Å²) in [5.74, 6) is 0.424. The number of alkyl halides is 4. The maximum absolute atomic E-state index is 12.5. The Morgan fingerprint density at radius 2 is 2.00 bits per heavy atom. The zero-order valence-corrected chi connectivity index (χ0v) is 12.6. The first kappa shape index (κ1) is 16.6. The lowest BCUT2D eigenvalue weighted by Crippen LogP contribution is -2.23. The van der Waals surface area contributed by atoms with Crippen molar-refractivity contribution >= 4 is 33.2 Å². The van der Waals surface area contributed by atoms with Crippen LogP contribution in [0, 0.1) is 0 Å². The molecule has 7 heteroatoms. The summed E-state index contributed by atoms with van der Waals surface area (Å²) in [7, 11) is 1.79. The standard InChI is InChI=1S/C12H14BrClF3NO/c1-18(5-7-19-6-4-14)11-3-2-9(8-10(11)13)12(15,16)17/h2-3,8H,4-7H2,1H3. The molecular formula is C12H14BrClF3NO. The molecule has 0 aliphatic heterocycles. The summed E-state index contributed by atoms with van der Waals surface area (Å²) in [6.07, 6.45) is -4.33. The number of ether oxygens (including phenoxy) is 1. The van der Waals surface area contributed by atoms with Crippen LogP contribution in [0.25, 0.3) is 0 Å². The van der Waals surface area contributed by atoms with Gasteiger partial charge in [0.15, 0.2) is 0 Å². The van der Waals surface area contributed by atoms with Crippen molar-refractivity contribution < 1.29 is 17.9 Å². The third kappa shape index (κ3) is 5.20. The Morgan fingerprint density at radius 1 is 1.32 bits per heavy atom. The molecule has 0 aliphatic rings. The van der Waals surface area contributed by atoms with Gasteiger partial charge in [-0.3, -0.25) is 0 Å². The highest BCUT2D eigenvalue weighted by Gasteiger charge is 2.30. The van der Waals surface area contributed by atoms with E-state index in [2.05, 4.69) is 15.9 Å². The molecule has 1 rings (SSSR count). The minimum Gasteiger partial charge on any atom is -0.378 e. The fourth-order valence-corrected chi connectivity index (χ4v) is 2.26. The molecule has 0 saturated carbocycles. The fraction of sp³-hybridized carbons (Fsp3) is 0.500. The molecule has 0 saturated heterocycles. The van der Waals surface area contributed by atoms with Gasteiger partial charge >= 0.3 is 6.18 Å². The van der Waals surface area contributed by atoms with Crippen molar-refractivity contribution in [3.8, 4) is 0 Å². The number of likely N-dealkylation sites (N-methyl/N-ethyl adjacent to an activating group) is 1. The molecule has 0 aliphatic carbocycles. The third-order valence-electron chi connectivity index (χ3n) is 2.48. The van der Waals surface area contributed by atoms with Gasteiger partial charge in [-0.2, -0.15) is 13.2 Å². The lowest BCUT2D eigenvalue weighted by atomic mass is 10.2. The Kier molecular flexibility index (Phi) is 6.42. The highest BCUT2D eigenvalue weighted by atomic mass is 79.9. The molecule has 0 aromatic heterocycles. The monoisotopic (exact) mass is 359 g/mol. The van der Waals surface area contributed by atoms with E-state index in [0.717, 1.165) is 12.1 Å². The van der Waals surface area contributed by atoms with Gasteiger partial charge in [-0.15, -0.1) is 11.6 Å².